The van der Waals surface area contributed by atoms with Crippen LogP contribution in [0.25, 0.3) is 11.4 Å². The third-order valence-electron chi connectivity index (χ3n) is 4.60. The molecule has 0 radical (unpaired) electrons. The summed E-state index contributed by atoms with van der Waals surface area (Å²) in [5.41, 5.74) is 2.15. The number of imidazole rings is 1. The molecule has 0 atom stereocenters. The van der Waals surface area contributed by atoms with Gasteiger partial charge in [0.1, 0.15) is 5.82 Å². The maximum atomic E-state index is 12.2. The predicted octanol–water partition coefficient (Wildman–Crippen LogP) is 2.95. The van der Waals surface area contributed by atoms with E-state index in [2.05, 4.69) is 19.9 Å². The third kappa shape index (κ3) is 3.78. The zero-order chi connectivity index (χ0) is 16.1. The Balaban J connectivity index is 1.60. The van der Waals surface area contributed by atoms with Gasteiger partial charge in [0.25, 0.3) is 0 Å². The maximum absolute atomic E-state index is 12.2. The third-order valence-corrected chi connectivity index (χ3v) is 4.60. The number of pyridine rings is 1. The monoisotopic (exact) mass is 312 g/mol. The SMILES string of the molecule is Cc1cnc(-c2ccncc2)n1CCNC(=O)C1CCCCC1. The lowest BCUT2D eigenvalue weighted by Gasteiger charge is -2.21. The van der Waals surface area contributed by atoms with Gasteiger partial charge in [0, 0.05) is 48.9 Å². The van der Waals surface area contributed by atoms with Crippen LogP contribution in [0, 0.1) is 12.8 Å². The molecular weight excluding hydrogens is 288 g/mol. The topological polar surface area (TPSA) is 59.8 Å². The highest BCUT2D eigenvalue weighted by atomic mass is 16.1. The van der Waals surface area contributed by atoms with Gasteiger partial charge < -0.3 is 9.88 Å². The standard InChI is InChI=1S/C18H24N4O/c1-14-13-21-17(15-7-9-19-10-8-15)22(14)12-11-20-18(23)16-5-3-2-4-6-16/h7-10,13,16H,2-6,11-12H2,1H3,(H,20,23). The molecule has 0 spiro atoms. The van der Waals surface area contributed by atoms with Gasteiger partial charge in [-0.15, -0.1) is 0 Å². The van der Waals surface area contributed by atoms with Crippen molar-refractivity contribution in [3.05, 3.63) is 36.4 Å². The molecule has 0 bridgehead atoms. The summed E-state index contributed by atoms with van der Waals surface area (Å²) in [5, 5.41) is 3.10. The van der Waals surface area contributed by atoms with Gasteiger partial charge in [0.05, 0.1) is 0 Å². The summed E-state index contributed by atoms with van der Waals surface area (Å²) < 4.78 is 2.15. The van der Waals surface area contributed by atoms with Gasteiger partial charge in [-0.1, -0.05) is 19.3 Å². The Bertz CT molecular complexity index is 644. The number of hydrogen-bond acceptors (Lipinski definition) is 3. The first-order valence-electron chi connectivity index (χ1n) is 8.46. The van der Waals surface area contributed by atoms with Gasteiger partial charge in [-0.2, -0.15) is 0 Å². The number of carbonyl (C=O) groups is 1. The number of aromatic nitrogens is 3. The van der Waals surface area contributed by atoms with Crippen molar-refractivity contribution in [1.29, 1.82) is 0 Å². The number of rotatable bonds is 5. The fourth-order valence-corrected chi connectivity index (χ4v) is 3.27. The lowest BCUT2D eigenvalue weighted by atomic mass is 9.89. The fraction of sp³-hybridized carbons (Fsp3) is 0.500. The largest absolute Gasteiger partial charge is 0.354 e. The average Bonchev–Trinajstić information content (AvgIpc) is 2.97. The summed E-state index contributed by atoms with van der Waals surface area (Å²) >= 11 is 0. The van der Waals surface area contributed by atoms with E-state index >= 15 is 0 Å². The number of carbonyl (C=O) groups excluding carboxylic acids is 1. The van der Waals surface area contributed by atoms with Crippen LogP contribution in [-0.4, -0.2) is 27.0 Å². The Morgan fingerprint density at radius 1 is 1.26 bits per heavy atom. The highest BCUT2D eigenvalue weighted by Crippen LogP contribution is 2.23. The normalized spacial score (nSPS) is 15.5. The number of amides is 1. The van der Waals surface area contributed by atoms with E-state index < -0.39 is 0 Å². The van der Waals surface area contributed by atoms with Gasteiger partial charge in [-0.05, 0) is 31.9 Å². The summed E-state index contributed by atoms with van der Waals surface area (Å²) in [7, 11) is 0. The minimum Gasteiger partial charge on any atom is -0.354 e. The van der Waals surface area contributed by atoms with Crippen LogP contribution >= 0.6 is 0 Å². The van der Waals surface area contributed by atoms with Crippen LogP contribution in [0.3, 0.4) is 0 Å². The van der Waals surface area contributed by atoms with Gasteiger partial charge in [-0.3, -0.25) is 9.78 Å². The highest BCUT2D eigenvalue weighted by Gasteiger charge is 2.20. The minimum absolute atomic E-state index is 0.215. The number of aryl methyl sites for hydroxylation is 1. The molecule has 1 aliphatic rings. The fourth-order valence-electron chi connectivity index (χ4n) is 3.27. The van der Waals surface area contributed by atoms with Crippen LogP contribution in [0.4, 0.5) is 0 Å². The van der Waals surface area contributed by atoms with Crippen LogP contribution in [0.1, 0.15) is 37.8 Å². The van der Waals surface area contributed by atoms with Crippen molar-refractivity contribution in [3.8, 4) is 11.4 Å². The molecule has 1 amide bonds. The second kappa shape index (κ2) is 7.40. The number of nitrogens with one attached hydrogen (secondary N) is 1. The maximum Gasteiger partial charge on any atom is 0.223 e. The summed E-state index contributed by atoms with van der Waals surface area (Å²) in [4.78, 5) is 20.8. The van der Waals surface area contributed by atoms with E-state index in [4.69, 9.17) is 0 Å². The molecule has 1 saturated carbocycles. The zero-order valence-electron chi connectivity index (χ0n) is 13.7. The molecule has 5 nitrogen and oxygen atoms in total. The average molecular weight is 312 g/mol. The lowest BCUT2D eigenvalue weighted by Crippen LogP contribution is -2.34. The molecule has 3 rings (SSSR count). The van der Waals surface area contributed by atoms with Gasteiger partial charge in [0.2, 0.25) is 5.91 Å². The molecule has 5 heteroatoms. The molecule has 1 fully saturated rings. The molecule has 122 valence electrons. The minimum atomic E-state index is 0.215. The van der Waals surface area contributed by atoms with Crippen molar-refractivity contribution < 1.29 is 4.79 Å². The zero-order valence-corrected chi connectivity index (χ0v) is 13.7. The van der Waals surface area contributed by atoms with Crippen LogP contribution in [0.5, 0.6) is 0 Å². The van der Waals surface area contributed by atoms with Gasteiger partial charge >= 0.3 is 0 Å². The smallest absolute Gasteiger partial charge is 0.223 e. The molecule has 2 aromatic rings. The summed E-state index contributed by atoms with van der Waals surface area (Å²) in [6.07, 6.45) is 11.1. The lowest BCUT2D eigenvalue weighted by molar-refractivity contribution is -0.125. The second-order valence-corrected chi connectivity index (χ2v) is 6.24. The van der Waals surface area contributed by atoms with E-state index in [1.165, 1.54) is 19.3 Å². The second-order valence-electron chi connectivity index (χ2n) is 6.24. The van der Waals surface area contributed by atoms with Crippen LogP contribution in [-0.2, 0) is 11.3 Å². The van der Waals surface area contributed by atoms with Crippen molar-refractivity contribution >= 4 is 5.91 Å². The van der Waals surface area contributed by atoms with Crippen LogP contribution < -0.4 is 5.32 Å². The molecular formula is C18H24N4O. The summed E-state index contributed by atoms with van der Waals surface area (Å²) in [6.45, 7) is 3.42. The number of hydrogen-bond donors (Lipinski definition) is 1. The quantitative estimate of drug-likeness (QED) is 0.923. The van der Waals surface area contributed by atoms with Crippen LogP contribution in [0.15, 0.2) is 30.7 Å². The Kier molecular flexibility index (Phi) is 5.05. The Hall–Kier alpha value is -2.17. The van der Waals surface area contributed by atoms with Crippen molar-refractivity contribution in [2.24, 2.45) is 5.92 Å². The number of nitrogens with zero attached hydrogens (tertiary/aromatic N) is 3. The van der Waals surface area contributed by atoms with E-state index in [0.29, 0.717) is 6.54 Å². The highest BCUT2D eigenvalue weighted by molar-refractivity contribution is 5.78. The van der Waals surface area contributed by atoms with E-state index in [-0.39, 0.29) is 11.8 Å². The first-order chi connectivity index (χ1) is 11.3. The van der Waals surface area contributed by atoms with E-state index in [1.807, 2.05) is 25.3 Å². The van der Waals surface area contributed by atoms with E-state index in [0.717, 1.165) is 36.5 Å². The summed E-state index contributed by atoms with van der Waals surface area (Å²) in [6, 6.07) is 3.91. The van der Waals surface area contributed by atoms with E-state index in [1.54, 1.807) is 12.4 Å². The van der Waals surface area contributed by atoms with Crippen LogP contribution in [0.2, 0.25) is 0 Å². The van der Waals surface area contributed by atoms with Crippen molar-refractivity contribution in [3.63, 3.8) is 0 Å². The molecule has 2 heterocycles. The molecule has 0 saturated heterocycles. The van der Waals surface area contributed by atoms with Crippen molar-refractivity contribution in [1.82, 2.24) is 19.9 Å². The Morgan fingerprint density at radius 3 is 2.74 bits per heavy atom. The molecule has 1 N–H and O–H groups in total. The molecule has 2 aromatic heterocycles. The first kappa shape index (κ1) is 15.7. The molecule has 0 unspecified atom stereocenters. The summed E-state index contributed by atoms with van der Waals surface area (Å²) in [5.74, 6) is 1.36. The van der Waals surface area contributed by atoms with Crippen molar-refractivity contribution in [2.45, 2.75) is 45.6 Å². The molecule has 23 heavy (non-hydrogen) atoms. The molecule has 0 aromatic carbocycles. The van der Waals surface area contributed by atoms with Crippen molar-refractivity contribution in [2.75, 3.05) is 6.54 Å². The molecule has 1 aliphatic carbocycles. The predicted molar refractivity (Wildman–Crippen MR) is 89.8 cm³/mol. The van der Waals surface area contributed by atoms with Gasteiger partial charge in [-0.25, -0.2) is 4.98 Å². The van der Waals surface area contributed by atoms with Gasteiger partial charge in [0.15, 0.2) is 0 Å². The Morgan fingerprint density at radius 2 is 2.00 bits per heavy atom. The molecule has 0 aliphatic heterocycles. The van der Waals surface area contributed by atoms with E-state index in [9.17, 15) is 4.79 Å². The first-order valence-corrected chi connectivity index (χ1v) is 8.46. The Labute approximate surface area is 137 Å².